The maximum atomic E-state index is 6.25. The Balaban J connectivity index is 0.0000000933. The smallest absolute Gasteiger partial charge is 0.136 e. The molecule has 8 heterocycles. The monoisotopic (exact) mass is 1960 g/mol. The third-order valence-corrected chi connectivity index (χ3v) is 34.0. The predicted molar refractivity (Wildman–Crippen MR) is 635 cm³/mol. The Kier molecular flexibility index (Phi) is 20.9. The highest BCUT2D eigenvalue weighted by Gasteiger charge is 2.29. The van der Waals surface area contributed by atoms with E-state index in [0.717, 1.165) is 84.5 Å². The molecule has 24 aromatic carbocycles. The van der Waals surface area contributed by atoms with Gasteiger partial charge >= 0.3 is 0 Å². The zero-order valence-electron chi connectivity index (χ0n) is 79.6. The average Bonchev–Trinajstić information content (AvgIpc) is 1.46. The molecule has 12 heteroatoms. The molecule has 0 aliphatic carbocycles. The highest BCUT2D eigenvalue weighted by molar-refractivity contribution is 7.29. The number of rotatable bonds is 12. The number of para-hydroxylation sites is 9. The second-order valence-electron chi connectivity index (χ2n) is 37.4. The summed E-state index contributed by atoms with van der Waals surface area (Å²) in [7, 11) is 0. The van der Waals surface area contributed by atoms with Crippen LogP contribution in [-0.2, 0) is 0 Å². The number of furan rings is 4. The minimum atomic E-state index is 0.932. The van der Waals surface area contributed by atoms with E-state index in [0.29, 0.717) is 0 Å². The molecule has 8 nitrogen and oxygen atoms in total. The summed E-state index contributed by atoms with van der Waals surface area (Å²) in [5, 5.41) is 29.6. The molecule has 0 amide bonds. The molecule has 8 aromatic heterocycles. The van der Waals surface area contributed by atoms with Crippen molar-refractivity contribution in [3.05, 3.63) is 510 Å². The van der Waals surface area contributed by atoms with E-state index in [4.69, 9.17) is 17.7 Å². The zero-order chi connectivity index (χ0) is 97.4. The maximum absolute atomic E-state index is 6.25. The number of hydrogen-bond acceptors (Lipinski definition) is 12. The summed E-state index contributed by atoms with van der Waals surface area (Å²) in [4.78, 5) is 9.55. The molecular weight excluding hydrogens is 1880 g/mol. The van der Waals surface area contributed by atoms with Crippen molar-refractivity contribution < 1.29 is 17.7 Å². The minimum absolute atomic E-state index is 0.932. The Bertz CT molecular complexity index is 10800. The van der Waals surface area contributed by atoms with Crippen LogP contribution < -0.4 is 19.6 Å². The Hall–Kier alpha value is -18.4. The molecule has 32 aromatic rings. The molecule has 696 valence electrons. The molecule has 0 aliphatic rings. The summed E-state index contributed by atoms with van der Waals surface area (Å²) in [6.07, 6.45) is 0. The first-order valence-corrected chi connectivity index (χ1v) is 53.1. The summed E-state index contributed by atoms with van der Waals surface area (Å²) in [5.74, 6) is 0. The molecular formula is C136H84N4O4S4. The highest BCUT2D eigenvalue weighted by Crippen LogP contribution is 2.56. The Labute approximate surface area is 864 Å². The van der Waals surface area contributed by atoms with E-state index in [1.165, 1.54) is 195 Å². The second-order valence-corrected chi connectivity index (χ2v) is 41.5. The van der Waals surface area contributed by atoms with Gasteiger partial charge in [-0.2, -0.15) is 0 Å². The lowest BCUT2D eigenvalue weighted by atomic mass is 10.0. The van der Waals surface area contributed by atoms with Gasteiger partial charge in [-0.3, -0.25) is 0 Å². The van der Waals surface area contributed by atoms with E-state index in [1.807, 2.05) is 75.7 Å². The third kappa shape index (κ3) is 14.5. The molecule has 0 radical (unpaired) electrons. The minimum Gasteiger partial charge on any atom is -0.456 e. The molecule has 32 rings (SSSR count). The van der Waals surface area contributed by atoms with Gasteiger partial charge in [0.2, 0.25) is 0 Å². The number of thiophene rings is 4. The van der Waals surface area contributed by atoms with Crippen molar-refractivity contribution in [1.82, 2.24) is 0 Å². The van der Waals surface area contributed by atoms with Crippen LogP contribution in [0.1, 0.15) is 0 Å². The number of benzene rings is 24. The lowest BCUT2D eigenvalue weighted by molar-refractivity contribution is 0.669. The maximum Gasteiger partial charge on any atom is 0.136 e. The average molecular weight is 1970 g/mol. The summed E-state index contributed by atoms with van der Waals surface area (Å²) in [6.45, 7) is 0. The van der Waals surface area contributed by atoms with Crippen molar-refractivity contribution >= 4 is 325 Å². The summed E-state index contributed by atoms with van der Waals surface area (Å²) in [5.41, 5.74) is 21.4. The first-order chi connectivity index (χ1) is 73.4. The molecule has 0 N–H and O–H groups in total. The van der Waals surface area contributed by atoms with Gasteiger partial charge in [-0.1, -0.05) is 322 Å². The van der Waals surface area contributed by atoms with Crippen LogP contribution in [0.3, 0.4) is 0 Å². The van der Waals surface area contributed by atoms with Crippen molar-refractivity contribution in [3.63, 3.8) is 0 Å². The molecule has 0 spiro atoms. The van der Waals surface area contributed by atoms with Crippen LogP contribution in [0.4, 0.5) is 68.2 Å². The van der Waals surface area contributed by atoms with E-state index in [9.17, 15) is 0 Å². The SMILES string of the molecule is c1ccc(N(c2ccc3ccc4ccccc4c3c2)c2cccc3c2sc2c3ccc3oc4ccccc4c32)cc1.c1ccc(N(c2ccc3ccccc3c2)c2cccc3c2sc2c3ccc3oc4ccccc4c32)cc1.c1ccc(N(c2cccc3ccccc23)c2cccc3c2sc2c3ccc3oc4ccccc4c32)cc1.c1ccc(N(c2ccccc2)c2cccc3c2sc2c3ccc3oc4ccccc4c32)cc1. The molecule has 0 atom stereocenters. The molecule has 148 heavy (non-hydrogen) atoms. The lowest BCUT2D eigenvalue weighted by Crippen LogP contribution is -2.10. The predicted octanol–water partition coefficient (Wildman–Crippen LogP) is 42.3. The molecule has 0 saturated carbocycles. The number of nitrogens with zero attached hydrogens (tertiary/aromatic N) is 4. The van der Waals surface area contributed by atoms with Gasteiger partial charge in [0.15, 0.2) is 0 Å². The molecule has 0 fully saturated rings. The Morgan fingerprint density at radius 1 is 0.122 bits per heavy atom. The summed E-state index contributed by atoms with van der Waals surface area (Å²) in [6, 6.07) is 181. The van der Waals surface area contributed by atoms with Crippen LogP contribution in [-0.4, -0.2) is 0 Å². The van der Waals surface area contributed by atoms with Gasteiger partial charge in [0.05, 0.1) is 47.2 Å². The van der Waals surface area contributed by atoms with E-state index in [-0.39, 0.29) is 0 Å². The fraction of sp³-hybridized carbons (Fsp3) is 0. The van der Waals surface area contributed by atoms with E-state index in [2.05, 4.69) is 499 Å². The number of fused-ring (bicyclic) bond motifs is 33. The van der Waals surface area contributed by atoms with Gasteiger partial charge in [-0.25, -0.2) is 0 Å². The Morgan fingerprint density at radius 3 is 0.730 bits per heavy atom. The zero-order valence-corrected chi connectivity index (χ0v) is 82.8. The molecule has 0 unspecified atom stereocenters. The van der Waals surface area contributed by atoms with E-state index >= 15 is 0 Å². The van der Waals surface area contributed by atoms with Crippen molar-refractivity contribution in [2.24, 2.45) is 0 Å². The normalized spacial score (nSPS) is 11.8. The Morgan fingerprint density at radius 2 is 0.358 bits per heavy atom. The molecule has 0 saturated heterocycles. The largest absolute Gasteiger partial charge is 0.456 e. The van der Waals surface area contributed by atoms with Gasteiger partial charge in [0.1, 0.15) is 44.7 Å². The van der Waals surface area contributed by atoms with Crippen molar-refractivity contribution in [1.29, 1.82) is 0 Å². The van der Waals surface area contributed by atoms with E-state index in [1.54, 1.807) is 0 Å². The number of hydrogen-bond donors (Lipinski definition) is 0. The number of anilines is 12. The fourth-order valence-electron chi connectivity index (χ4n) is 22.3. The third-order valence-electron chi connectivity index (χ3n) is 29.0. The van der Waals surface area contributed by atoms with Crippen LogP contribution in [0.5, 0.6) is 0 Å². The standard InChI is InChI=1S/C38H23NOS.2C34H21NOS.C30H19NOS/c1-2-10-26(11-3-1)39(27-20-19-25-18-17-24-9-4-5-12-28(24)32(25)23-27)33-15-8-14-29-30-21-22-35-36(38(30)41-37(29)33)31-13-6-7-16-34(31)40-35;1-2-12-23(13-3-1)35(28-17-8-11-22-10-4-5-14-24(22)28)29-18-9-16-25-26-20-21-31-32(34(26)37-33(25)29)27-15-6-7-19-30(27)36-31;1-2-11-24(12-3-1)35(25-18-17-22-9-4-5-10-23(22)21-25)29-15-8-14-26-27-19-20-31-32(34(27)37-33(26)29)28-13-6-7-16-30(28)36-31;1-3-10-20(11-4-1)31(21-12-5-2-6-13-21)25-16-9-15-22-23-18-19-27-28(30(23)33-29(22)25)24-14-7-8-17-26(24)32-27/h1-23H;2*1-21H;1-19H. The van der Waals surface area contributed by atoms with Crippen LogP contribution in [0.15, 0.2) is 527 Å². The first kappa shape index (κ1) is 86.3. The molecule has 0 aliphatic heterocycles. The fourth-order valence-corrected chi connectivity index (χ4v) is 27.8. The van der Waals surface area contributed by atoms with Gasteiger partial charge in [0, 0.05) is 150 Å². The summed E-state index contributed by atoms with van der Waals surface area (Å²) < 4.78 is 35.0. The van der Waals surface area contributed by atoms with Crippen molar-refractivity contribution in [2.75, 3.05) is 19.6 Å². The van der Waals surface area contributed by atoms with Crippen molar-refractivity contribution in [2.45, 2.75) is 0 Å². The first-order valence-electron chi connectivity index (χ1n) is 49.8. The van der Waals surface area contributed by atoms with Crippen molar-refractivity contribution in [3.8, 4) is 0 Å². The lowest BCUT2D eigenvalue weighted by Gasteiger charge is -2.27. The summed E-state index contributed by atoms with van der Waals surface area (Å²) >= 11 is 7.43. The van der Waals surface area contributed by atoms with Crippen LogP contribution >= 0.6 is 45.3 Å². The van der Waals surface area contributed by atoms with Gasteiger partial charge in [-0.05, 0) is 226 Å². The van der Waals surface area contributed by atoms with Gasteiger partial charge in [0.25, 0.3) is 0 Å². The topological polar surface area (TPSA) is 65.5 Å². The van der Waals surface area contributed by atoms with Gasteiger partial charge in [-0.15, -0.1) is 45.3 Å². The van der Waals surface area contributed by atoms with Gasteiger partial charge < -0.3 is 37.3 Å². The van der Waals surface area contributed by atoms with Crippen LogP contribution in [0, 0.1) is 0 Å². The highest BCUT2D eigenvalue weighted by atomic mass is 32.1. The van der Waals surface area contributed by atoms with Crippen LogP contribution in [0.2, 0.25) is 0 Å². The van der Waals surface area contributed by atoms with E-state index < -0.39 is 0 Å². The van der Waals surface area contributed by atoms with Crippen LogP contribution in [0.25, 0.3) is 212 Å². The molecule has 0 bridgehead atoms. The second kappa shape index (κ2) is 35.9. The quantitative estimate of drug-likeness (QED) is 0.112.